The van der Waals surface area contributed by atoms with Gasteiger partial charge in [0.25, 0.3) is 0 Å². The fourth-order valence-electron chi connectivity index (χ4n) is 9.35. The van der Waals surface area contributed by atoms with Crippen molar-refractivity contribution >= 4 is 17.1 Å². The van der Waals surface area contributed by atoms with Crippen LogP contribution in [-0.4, -0.2) is 0 Å². The first-order valence-electron chi connectivity index (χ1n) is 18.6. The maximum absolute atomic E-state index is 2.50. The summed E-state index contributed by atoms with van der Waals surface area (Å²) in [6.45, 7) is 4.72. The topological polar surface area (TPSA) is 3.24 Å². The summed E-state index contributed by atoms with van der Waals surface area (Å²) in [7, 11) is 0. The van der Waals surface area contributed by atoms with Gasteiger partial charge < -0.3 is 4.90 Å². The second-order valence-electron chi connectivity index (χ2n) is 14.9. The molecule has 8 aromatic rings. The van der Waals surface area contributed by atoms with Crippen LogP contribution in [0.25, 0.3) is 33.4 Å². The number of hydrogen-bond acceptors (Lipinski definition) is 1. The lowest BCUT2D eigenvalue weighted by molar-refractivity contribution is 0.660. The van der Waals surface area contributed by atoms with Crippen LogP contribution in [0, 0.1) is 0 Å². The van der Waals surface area contributed by atoms with Crippen LogP contribution in [0.4, 0.5) is 17.1 Å². The number of hydrogen-bond donors (Lipinski definition) is 0. The van der Waals surface area contributed by atoms with E-state index in [0.717, 1.165) is 11.4 Å². The van der Waals surface area contributed by atoms with Gasteiger partial charge in [0.05, 0.1) is 11.1 Å². The highest BCUT2D eigenvalue weighted by atomic mass is 15.1. The first kappa shape index (κ1) is 31.3. The molecule has 53 heavy (non-hydrogen) atoms. The minimum absolute atomic E-state index is 0.111. The van der Waals surface area contributed by atoms with E-state index in [-0.39, 0.29) is 5.41 Å². The number of anilines is 3. The summed E-state index contributed by atoms with van der Waals surface area (Å²) < 4.78 is 0. The van der Waals surface area contributed by atoms with E-state index in [2.05, 4.69) is 219 Å². The predicted molar refractivity (Wildman–Crippen MR) is 221 cm³/mol. The molecule has 0 atom stereocenters. The lowest BCUT2D eigenvalue weighted by atomic mass is 9.67. The normalized spacial score (nSPS) is 14.2. The zero-order chi connectivity index (χ0) is 35.6. The molecule has 10 rings (SSSR count). The molecule has 0 fully saturated rings. The van der Waals surface area contributed by atoms with Crippen LogP contribution in [0.1, 0.15) is 47.2 Å². The first-order valence-corrected chi connectivity index (χ1v) is 18.6. The highest BCUT2D eigenvalue weighted by Crippen LogP contribution is 2.58. The van der Waals surface area contributed by atoms with Crippen molar-refractivity contribution in [1.82, 2.24) is 0 Å². The molecule has 1 heteroatoms. The molecule has 0 bridgehead atoms. The molecule has 0 unspecified atom stereocenters. The molecule has 0 spiro atoms. The van der Waals surface area contributed by atoms with E-state index in [1.54, 1.807) is 0 Å². The van der Waals surface area contributed by atoms with Crippen molar-refractivity contribution in [3.05, 3.63) is 234 Å². The molecule has 0 aliphatic heterocycles. The van der Waals surface area contributed by atoms with Crippen molar-refractivity contribution < 1.29 is 0 Å². The first-order chi connectivity index (χ1) is 26.1. The van der Waals surface area contributed by atoms with E-state index >= 15 is 0 Å². The van der Waals surface area contributed by atoms with Gasteiger partial charge in [0, 0.05) is 22.4 Å². The third-order valence-electron chi connectivity index (χ3n) is 11.8. The Kier molecular flexibility index (Phi) is 7.13. The van der Waals surface area contributed by atoms with E-state index in [9.17, 15) is 0 Å². The maximum atomic E-state index is 2.50. The molecule has 0 saturated carbocycles. The monoisotopic (exact) mass is 677 g/mol. The molecule has 0 radical (unpaired) electrons. The third kappa shape index (κ3) is 4.64. The van der Waals surface area contributed by atoms with Crippen LogP contribution in [0.15, 0.2) is 200 Å². The van der Waals surface area contributed by atoms with Crippen LogP contribution >= 0.6 is 0 Å². The van der Waals surface area contributed by atoms with Gasteiger partial charge in [-0.05, 0) is 91.5 Å². The van der Waals surface area contributed by atoms with E-state index in [1.807, 2.05) is 0 Å². The zero-order valence-corrected chi connectivity index (χ0v) is 30.0. The van der Waals surface area contributed by atoms with Gasteiger partial charge in [-0.3, -0.25) is 0 Å². The number of fused-ring (bicyclic) bond motifs is 6. The van der Waals surface area contributed by atoms with Gasteiger partial charge >= 0.3 is 0 Å². The van der Waals surface area contributed by atoms with Gasteiger partial charge in [-0.1, -0.05) is 184 Å². The zero-order valence-electron chi connectivity index (χ0n) is 30.0. The smallest absolute Gasteiger partial charge is 0.0714 e. The Bertz CT molecular complexity index is 2580. The van der Waals surface area contributed by atoms with Crippen LogP contribution in [-0.2, 0) is 10.8 Å². The summed E-state index contributed by atoms with van der Waals surface area (Å²) in [6.07, 6.45) is 0. The lowest BCUT2D eigenvalue weighted by Crippen LogP contribution is -2.28. The number of nitrogens with zero attached hydrogens (tertiary/aromatic N) is 1. The Morgan fingerprint density at radius 1 is 0.358 bits per heavy atom. The predicted octanol–water partition coefficient (Wildman–Crippen LogP) is 13.5. The Balaban J connectivity index is 1.25. The fraction of sp³-hybridized carbons (Fsp3) is 0.0769. The Labute approximate surface area is 312 Å². The second-order valence-corrected chi connectivity index (χ2v) is 14.9. The molecule has 0 amide bonds. The highest BCUT2D eigenvalue weighted by Gasteiger charge is 2.46. The van der Waals surface area contributed by atoms with E-state index < -0.39 is 5.41 Å². The van der Waals surface area contributed by atoms with Crippen LogP contribution in [0.3, 0.4) is 0 Å². The van der Waals surface area contributed by atoms with Crippen LogP contribution < -0.4 is 4.90 Å². The largest absolute Gasteiger partial charge is 0.310 e. The standard InChI is InChI=1S/C52H39N/c1-51(2)45-25-14-13-24-44(45)50-47(51)27-16-28-49(50)53(40-31-29-37(30-32-40)36-17-6-3-7-18-36)41-33-34-43-42-23-12-15-26-46(42)52(48(43)35-41,38-19-8-4-9-20-38)39-21-10-5-11-22-39/h3-35H,1-2H3. The number of rotatable bonds is 6. The van der Waals surface area contributed by atoms with Gasteiger partial charge in [0.2, 0.25) is 0 Å². The molecule has 252 valence electrons. The van der Waals surface area contributed by atoms with Crippen LogP contribution in [0.5, 0.6) is 0 Å². The van der Waals surface area contributed by atoms with Gasteiger partial charge in [-0.15, -0.1) is 0 Å². The summed E-state index contributed by atoms with van der Waals surface area (Å²) in [6, 6.07) is 73.9. The van der Waals surface area contributed by atoms with Gasteiger partial charge in [-0.25, -0.2) is 0 Å². The summed E-state index contributed by atoms with van der Waals surface area (Å²) in [5.41, 5.74) is 18.3. The Hall–Kier alpha value is -6.44. The van der Waals surface area contributed by atoms with Crippen molar-refractivity contribution in [3.63, 3.8) is 0 Å². The van der Waals surface area contributed by atoms with Gasteiger partial charge in [0.1, 0.15) is 0 Å². The minimum Gasteiger partial charge on any atom is -0.310 e. The highest BCUT2D eigenvalue weighted by molar-refractivity contribution is 5.96. The van der Waals surface area contributed by atoms with Crippen LogP contribution in [0.2, 0.25) is 0 Å². The molecule has 2 aliphatic carbocycles. The van der Waals surface area contributed by atoms with E-state index in [1.165, 1.54) is 72.4 Å². The van der Waals surface area contributed by atoms with Gasteiger partial charge in [0.15, 0.2) is 0 Å². The van der Waals surface area contributed by atoms with Crippen molar-refractivity contribution in [2.75, 3.05) is 4.90 Å². The third-order valence-corrected chi connectivity index (χ3v) is 11.8. The Morgan fingerprint density at radius 3 is 1.55 bits per heavy atom. The van der Waals surface area contributed by atoms with Crippen molar-refractivity contribution in [3.8, 4) is 33.4 Å². The molecular formula is C52H39N. The lowest BCUT2D eigenvalue weighted by Gasteiger charge is -2.35. The second kappa shape index (κ2) is 12.1. The fourth-order valence-corrected chi connectivity index (χ4v) is 9.35. The van der Waals surface area contributed by atoms with E-state index in [0.29, 0.717) is 0 Å². The molecule has 0 heterocycles. The molecule has 8 aromatic carbocycles. The summed E-state index contributed by atoms with van der Waals surface area (Å²) in [5.74, 6) is 0. The van der Waals surface area contributed by atoms with Gasteiger partial charge in [-0.2, -0.15) is 0 Å². The summed E-state index contributed by atoms with van der Waals surface area (Å²) in [4.78, 5) is 2.50. The summed E-state index contributed by atoms with van der Waals surface area (Å²) >= 11 is 0. The minimum atomic E-state index is -0.486. The Morgan fingerprint density at radius 2 is 0.868 bits per heavy atom. The van der Waals surface area contributed by atoms with Crippen molar-refractivity contribution in [2.24, 2.45) is 0 Å². The van der Waals surface area contributed by atoms with Crippen molar-refractivity contribution in [1.29, 1.82) is 0 Å². The molecule has 0 saturated heterocycles. The SMILES string of the molecule is CC1(C)c2ccccc2-c2c(N(c3ccc(-c4ccccc4)cc3)c3ccc4c(c3)C(c3ccccc3)(c3ccccc3)c3ccccc3-4)cccc21. The average molecular weight is 678 g/mol. The summed E-state index contributed by atoms with van der Waals surface area (Å²) in [5, 5.41) is 0. The maximum Gasteiger partial charge on any atom is 0.0714 e. The quantitative estimate of drug-likeness (QED) is 0.169. The molecular weight excluding hydrogens is 639 g/mol. The molecule has 2 aliphatic rings. The van der Waals surface area contributed by atoms with Crippen molar-refractivity contribution in [2.45, 2.75) is 24.7 Å². The number of benzene rings is 8. The molecule has 0 N–H and O–H groups in total. The molecule has 1 nitrogen and oxygen atoms in total. The molecule has 0 aromatic heterocycles. The van der Waals surface area contributed by atoms with E-state index in [4.69, 9.17) is 0 Å². The average Bonchev–Trinajstić information content (AvgIpc) is 3.65.